The fourth-order valence-electron chi connectivity index (χ4n) is 0.497. The molecule has 0 amide bonds. The molecule has 1 saturated heterocycles. The summed E-state index contributed by atoms with van der Waals surface area (Å²) in [7, 11) is 0. The van der Waals surface area contributed by atoms with E-state index in [2.05, 4.69) is 9.78 Å². The Balaban J connectivity index is 2.13. The summed E-state index contributed by atoms with van der Waals surface area (Å²) in [5.41, 5.74) is 0. The van der Waals surface area contributed by atoms with E-state index < -0.39 is 0 Å². The summed E-state index contributed by atoms with van der Waals surface area (Å²) in [5.74, 6) is 0. The van der Waals surface area contributed by atoms with Crippen molar-refractivity contribution in [1.82, 2.24) is 0 Å². The van der Waals surface area contributed by atoms with Gasteiger partial charge in [-0.15, -0.1) is 0 Å². The molecule has 43 valence electrons. The molecular weight excluding hydrogens is 297 g/mol. The topological polar surface area (TPSA) is 27.7 Å². The van der Waals surface area contributed by atoms with E-state index in [1.54, 1.807) is 0 Å². The van der Waals surface area contributed by atoms with Gasteiger partial charge < -0.3 is 0 Å². The molecule has 3 nitrogen and oxygen atoms in total. The van der Waals surface area contributed by atoms with Crippen LogP contribution < -0.4 is 0 Å². The average Bonchev–Trinajstić information content (AvgIpc) is 1.90. The minimum absolute atomic E-state index is 0.307. The first-order chi connectivity index (χ1) is 3.93. The molecule has 1 heterocycles. The Morgan fingerprint density at radius 1 is 1.50 bits per heavy atom. The summed E-state index contributed by atoms with van der Waals surface area (Å²) in [4.78, 5) is 9.18. The Bertz CT molecular complexity index is 62.3. The van der Waals surface area contributed by atoms with E-state index in [-0.39, 0.29) is 0 Å². The normalized spacial score (nSPS) is 30.5. The van der Waals surface area contributed by atoms with Gasteiger partial charge in [-0.3, -0.25) is 0 Å². The van der Waals surface area contributed by atoms with E-state index in [0.29, 0.717) is 19.5 Å². The van der Waals surface area contributed by atoms with Crippen molar-refractivity contribution in [2.45, 2.75) is 10.0 Å². The van der Waals surface area contributed by atoms with Crippen LogP contribution in [0.15, 0.2) is 0 Å². The molecule has 0 radical (unpaired) electrons. The molecule has 1 atom stereocenters. The van der Waals surface area contributed by atoms with Crippen LogP contribution in [0.4, 0.5) is 0 Å². The van der Waals surface area contributed by atoms with Crippen molar-refractivity contribution in [3.05, 3.63) is 0 Å². The van der Waals surface area contributed by atoms with E-state index >= 15 is 0 Å². The summed E-state index contributed by atoms with van der Waals surface area (Å²) in [5, 5.41) is 0. The number of ether oxygens (including phenoxy) is 1. The Labute approximate surface area is 64.2 Å². The number of rotatable bonds is 1. The van der Waals surface area contributed by atoms with E-state index in [4.69, 9.17) is 4.74 Å². The van der Waals surface area contributed by atoms with E-state index in [1.165, 1.54) is 3.93 Å². The van der Waals surface area contributed by atoms with Gasteiger partial charge in [-0.1, -0.05) is 0 Å². The number of hydrogen-bond donors (Lipinski definition) is 0. The van der Waals surface area contributed by atoms with Crippen LogP contribution >= 0.6 is 0 Å². The molecule has 1 unspecified atom stereocenters. The van der Waals surface area contributed by atoms with Crippen LogP contribution in [0.5, 0.6) is 0 Å². The fraction of sp³-hybridized carbons (Fsp3) is 1.00. The van der Waals surface area contributed by atoms with Gasteiger partial charge in [-0.2, -0.15) is 0 Å². The quantitative estimate of drug-likeness (QED) is 0.514. The summed E-state index contributed by atoms with van der Waals surface area (Å²) in [6.07, 6.45) is 0.326. The third-order valence-electron chi connectivity index (χ3n) is 1.01. The standard InChI is InChI=1S/C4H7O3.Hg/c1-4-2-6-7-3-5-4;/h4H,1-3H2;. The SMILES string of the molecule is [Hg][CH2]C1COOCO1. The van der Waals surface area contributed by atoms with Crippen molar-refractivity contribution in [1.29, 1.82) is 0 Å². The van der Waals surface area contributed by atoms with Gasteiger partial charge in [0.2, 0.25) is 0 Å². The third kappa shape index (κ3) is 1.97. The van der Waals surface area contributed by atoms with E-state index in [0.717, 1.165) is 26.1 Å². The first-order valence-electron chi connectivity index (χ1n) is 2.58. The minimum atomic E-state index is 0.307. The predicted octanol–water partition coefficient (Wildman–Crippen LogP) is 0.256. The fourth-order valence-corrected chi connectivity index (χ4v) is 1.79. The second-order valence-electron chi connectivity index (χ2n) is 1.60. The molecule has 1 rings (SSSR count). The van der Waals surface area contributed by atoms with Crippen LogP contribution in [0.25, 0.3) is 0 Å². The molecule has 0 N–H and O–H groups in total. The first kappa shape index (κ1) is 6.93. The molecule has 0 bridgehead atoms. The molecule has 0 saturated carbocycles. The Morgan fingerprint density at radius 3 is 2.75 bits per heavy atom. The molecule has 8 heavy (non-hydrogen) atoms. The third-order valence-corrected chi connectivity index (χ3v) is 3.51. The second kappa shape index (κ2) is 3.77. The monoisotopic (exact) mass is 305 g/mol. The van der Waals surface area contributed by atoms with Gasteiger partial charge in [-0.05, 0) is 0 Å². The molecule has 0 aromatic heterocycles. The van der Waals surface area contributed by atoms with Gasteiger partial charge in [0.25, 0.3) is 0 Å². The molecule has 1 fully saturated rings. The molecule has 4 heteroatoms. The predicted molar refractivity (Wildman–Crippen MR) is 21.6 cm³/mol. The van der Waals surface area contributed by atoms with Crippen LogP contribution in [-0.2, 0) is 40.6 Å². The van der Waals surface area contributed by atoms with Gasteiger partial charge in [0.05, 0.1) is 0 Å². The van der Waals surface area contributed by atoms with Crippen LogP contribution in [-0.4, -0.2) is 19.5 Å². The zero-order valence-corrected chi connectivity index (χ0v) is 10.1. The van der Waals surface area contributed by atoms with Crippen molar-refractivity contribution in [3.8, 4) is 0 Å². The molecular formula is C4H7HgO3. The van der Waals surface area contributed by atoms with Gasteiger partial charge >= 0.3 is 64.1 Å². The summed E-state index contributed by atoms with van der Waals surface area (Å²) in [6, 6.07) is 0. The van der Waals surface area contributed by atoms with Crippen molar-refractivity contribution in [3.63, 3.8) is 0 Å². The molecule has 0 spiro atoms. The van der Waals surface area contributed by atoms with Crippen molar-refractivity contribution in [2.75, 3.05) is 13.4 Å². The van der Waals surface area contributed by atoms with Gasteiger partial charge in [0.1, 0.15) is 0 Å². The van der Waals surface area contributed by atoms with E-state index in [1.807, 2.05) is 0 Å². The first-order valence-corrected chi connectivity index (χ1v) is 6.47. The average molecular weight is 304 g/mol. The van der Waals surface area contributed by atoms with Gasteiger partial charge in [0, 0.05) is 0 Å². The second-order valence-corrected chi connectivity index (χ2v) is 3.84. The van der Waals surface area contributed by atoms with Crippen molar-refractivity contribution >= 4 is 0 Å². The molecule has 1 aliphatic heterocycles. The molecule has 0 aromatic rings. The summed E-state index contributed by atoms with van der Waals surface area (Å²) in [6.45, 7) is 0.922. The summed E-state index contributed by atoms with van der Waals surface area (Å²) >= 11 is 0.815. The van der Waals surface area contributed by atoms with E-state index in [9.17, 15) is 0 Å². The van der Waals surface area contributed by atoms with Crippen molar-refractivity contribution < 1.29 is 40.6 Å². The molecule has 0 aliphatic carbocycles. The Kier molecular flexibility index (Phi) is 3.26. The van der Waals surface area contributed by atoms with Crippen molar-refractivity contribution in [2.24, 2.45) is 0 Å². The zero-order valence-electron chi connectivity index (χ0n) is 4.63. The Morgan fingerprint density at radius 2 is 2.38 bits per heavy atom. The summed E-state index contributed by atoms with van der Waals surface area (Å²) < 4.78 is 6.31. The molecule has 1 aliphatic rings. The zero-order chi connectivity index (χ0) is 5.82. The maximum atomic E-state index is 5.13. The Hall–Kier alpha value is 0.815. The van der Waals surface area contributed by atoms with Crippen LogP contribution in [0, 0.1) is 0 Å². The molecule has 0 aromatic carbocycles. The van der Waals surface area contributed by atoms with Gasteiger partial charge in [0.15, 0.2) is 0 Å². The maximum absolute atomic E-state index is 5.13. The van der Waals surface area contributed by atoms with Crippen LogP contribution in [0.2, 0.25) is 3.93 Å². The van der Waals surface area contributed by atoms with Gasteiger partial charge in [-0.25, -0.2) is 0 Å². The van der Waals surface area contributed by atoms with Crippen LogP contribution in [0.1, 0.15) is 0 Å². The van der Waals surface area contributed by atoms with Crippen LogP contribution in [0.3, 0.4) is 0 Å². The number of hydrogen-bond acceptors (Lipinski definition) is 3.